The SMILES string of the molecule is CCCN(c1nc(C2CC2)nc(NC)c1C)C(C)C. The van der Waals surface area contributed by atoms with Crippen LogP contribution in [-0.4, -0.2) is 29.6 Å². The summed E-state index contributed by atoms with van der Waals surface area (Å²) < 4.78 is 0. The molecule has 4 nitrogen and oxygen atoms in total. The topological polar surface area (TPSA) is 41.1 Å². The summed E-state index contributed by atoms with van der Waals surface area (Å²) >= 11 is 0. The summed E-state index contributed by atoms with van der Waals surface area (Å²) in [4.78, 5) is 11.9. The van der Waals surface area contributed by atoms with Gasteiger partial charge in [0.15, 0.2) is 0 Å². The van der Waals surface area contributed by atoms with E-state index in [0.29, 0.717) is 12.0 Å². The largest absolute Gasteiger partial charge is 0.373 e. The van der Waals surface area contributed by atoms with Crippen LogP contribution < -0.4 is 10.2 Å². The van der Waals surface area contributed by atoms with Gasteiger partial charge in [-0.1, -0.05) is 6.92 Å². The van der Waals surface area contributed by atoms with E-state index in [1.54, 1.807) is 0 Å². The molecule has 1 aliphatic carbocycles. The number of anilines is 2. The summed E-state index contributed by atoms with van der Waals surface area (Å²) in [5.41, 5.74) is 1.16. The van der Waals surface area contributed by atoms with Crippen LogP contribution in [0.5, 0.6) is 0 Å². The Kier molecular flexibility index (Phi) is 4.27. The first-order valence-corrected chi connectivity index (χ1v) is 7.41. The van der Waals surface area contributed by atoms with Crippen molar-refractivity contribution in [2.45, 2.75) is 58.9 Å². The van der Waals surface area contributed by atoms with Gasteiger partial charge < -0.3 is 10.2 Å². The van der Waals surface area contributed by atoms with E-state index < -0.39 is 0 Å². The average molecular weight is 262 g/mol. The van der Waals surface area contributed by atoms with Gasteiger partial charge in [-0.2, -0.15) is 0 Å². The van der Waals surface area contributed by atoms with Gasteiger partial charge in [-0.25, -0.2) is 9.97 Å². The molecule has 1 aliphatic rings. The van der Waals surface area contributed by atoms with Gasteiger partial charge in [0.25, 0.3) is 0 Å². The second-order valence-electron chi connectivity index (χ2n) is 5.69. The van der Waals surface area contributed by atoms with Crippen LogP contribution in [0.15, 0.2) is 0 Å². The highest BCUT2D eigenvalue weighted by Gasteiger charge is 2.29. The predicted octanol–water partition coefficient (Wildman–Crippen LogP) is 3.33. The van der Waals surface area contributed by atoms with Gasteiger partial charge in [-0.3, -0.25) is 0 Å². The summed E-state index contributed by atoms with van der Waals surface area (Å²) in [6.45, 7) is 9.83. The Morgan fingerprint density at radius 3 is 2.47 bits per heavy atom. The first-order valence-electron chi connectivity index (χ1n) is 7.41. The molecule has 1 aromatic heterocycles. The van der Waals surface area contributed by atoms with Crippen LogP contribution in [-0.2, 0) is 0 Å². The van der Waals surface area contributed by atoms with Crippen LogP contribution in [0.4, 0.5) is 11.6 Å². The second kappa shape index (κ2) is 5.76. The third kappa shape index (κ3) is 2.99. The van der Waals surface area contributed by atoms with Crippen molar-refractivity contribution in [2.24, 2.45) is 0 Å². The van der Waals surface area contributed by atoms with Gasteiger partial charge >= 0.3 is 0 Å². The monoisotopic (exact) mass is 262 g/mol. The molecular formula is C15H26N4. The molecule has 0 saturated heterocycles. The van der Waals surface area contributed by atoms with Gasteiger partial charge in [0, 0.05) is 31.1 Å². The van der Waals surface area contributed by atoms with E-state index in [9.17, 15) is 0 Å². The quantitative estimate of drug-likeness (QED) is 0.853. The number of rotatable bonds is 6. The first-order chi connectivity index (χ1) is 9.08. The fraction of sp³-hybridized carbons (Fsp3) is 0.733. The highest BCUT2D eigenvalue weighted by molar-refractivity contribution is 5.59. The van der Waals surface area contributed by atoms with Gasteiger partial charge in [-0.15, -0.1) is 0 Å². The van der Waals surface area contributed by atoms with Crippen LogP contribution in [0.2, 0.25) is 0 Å². The Morgan fingerprint density at radius 2 is 2.00 bits per heavy atom. The van der Waals surface area contributed by atoms with Crippen molar-refractivity contribution >= 4 is 11.6 Å². The predicted molar refractivity (Wildman–Crippen MR) is 81.1 cm³/mol. The molecule has 0 bridgehead atoms. The molecular weight excluding hydrogens is 236 g/mol. The summed E-state index contributed by atoms with van der Waals surface area (Å²) in [6, 6.07) is 0.463. The van der Waals surface area contributed by atoms with E-state index in [1.807, 2.05) is 7.05 Å². The van der Waals surface area contributed by atoms with Crippen molar-refractivity contribution in [1.29, 1.82) is 0 Å². The molecule has 0 spiro atoms. The minimum absolute atomic E-state index is 0.463. The van der Waals surface area contributed by atoms with E-state index in [-0.39, 0.29) is 0 Å². The van der Waals surface area contributed by atoms with Gasteiger partial charge in [-0.05, 0) is 40.0 Å². The maximum atomic E-state index is 4.86. The van der Waals surface area contributed by atoms with Crippen molar-refractivity contribution in [3.05, 3.63) is 11.4 Å². The zero-order valence-corrected chi connectivity index (χ0v) is 12.8. The zero-order chi connectivity index (χ0) is 14.0. The molecule has 1 N–H and O–H groups in total. The van der Waals surface area contributed by atoms with E-state index in [1.165, 1.54) is 12.8 Å². The van der Waals surface area contributed by atoms with Crippen molar-refractivity contribution in [2.75, 3.05) is 23.8 Å². The van der Waals surface area contributed by atoms with Crippen molar-refractivity contribution in [1.82, 2.24) is 9.97 Å². The maximum Gasteiger partial charge on any atom is 0.137 e. The third-order valence-electron chi connectivity index (χ3n) is 3.68. The second-order valence-corrected chi connectivity index (χ2v) is 5.69. The fourth-order valence-corrected chi connectivity index (χ4v) is 2.42. The molecule has 19 heavy (non-hydrogen) atoms. The molecule has 4 heteroatoms. The van der Waals surface area contributed by atoms with Crippen LogP contribution in [0, 0.1) is 6.92 Å². The van der Waals surface area contributed by atoms with Crippen LogP contribution in [0.1, 0.15) is 57.3 Å². The molecule has 0 unspecified atom stereocenters. The molecule has 0 atom stereocenters. The number of hydrogen-bond donors (Lipinski definition) is 1. The molecule has 1 aromatic rings. The van der Waals surface area contributed by atoms with Crippen molar-refractivity contribution < 1.29 is 0 Å². The van der Waals surface area contributed by atoms with Gasteiger partial charge in [0.2, 0.25) is 0 Å². The Labute approximate surface area is 116 Å². The first kappa shape index (κ1) is 14.1. The lowest BCUT2D eigenvalue weighted by Crippen LogP contribution is -2.33. The molecule has 1 heterocycles. The lowest BCUT2D eigenvalue weighted by atomic mass is 10.2. The van der Waals surface area contributed by atoms with E-state index in [2.05, 4.69) is 42.9 Å². The molecule has 0 amide bonds. The third-order valence-corrected chi connectivity index (χ3v) is 3.68. The Bertz CT molecular complexity index is 438. The molecule has 1 fully saturated rings. The summed E-state index contributed by atoms with van der Waals surface area (Å²) in [5, 5.41) is 3.22. The van der Waals surface area contributed by atoms with Crippen molar-refractivity contribution in [3.8, 4) is 0 Å². The lowest BCUT2D eigenvalue weighted by molar-refractivity contribution is 0.655. The van der Waals surface area contributed by atoms with Crippen LogP contribution in [0.3, 0.4) is 0 Å². The molecule has 1 saturated carbocycles. The van der Waals surface area contributed by atoms with Crippen molar-refractivity contribution in [3.63, 3.8) is 0 Å². The number of nitrogens with zero attached hydrogens (tertiary/aromatic N) is 3. The maximum absolute atomic E-state index is 4.86. The highest BCUT2D eigenvalue weighted by Crippen LogP contribution is 2.40. The number of hydrogen-bond acceptors (Lipinski definition) is 4. The van der Waals surface area contributed by atoms with E-state index in [4.69, 9.17) is 4.98 Å². The normalized spacial score (nSPS) is 14.8. The average Bonchev–Trinajstić information content (AvgIpc) is 3.20. The Balaban J connectivity index is 2.43. The lowest BCUT2D eigenvalue weighted by Gasteiger charge is -2.29. The minimum Gasteiger partial charge on any atom is -0.373 e. The number of nitrogens with one attached hydrogen (secondary N) is 1. The molecule has 2 rings (SSSR count). The van der Waals surface area contributed by atoms with Gasteiger partial charge in [0.1, 0.15) is 17.5 Å². The Morgan fingerprint density at radius 1 is 1.32 bits per heavy atom. The highest BCUT2D eigenvalue weighted by atomic mass is 15.2. The van der Waals surface area contributed by atoms with E-state index in [0.717, 1.165) is 36.0 Å². The molecule has 0 radical (unpaired) electrons. The standard InChI is InChI=1S/C15H26N4/c1-6-9-19(10(2)3)15-11(4)13(16-5)17-14(18-15)12-7-8-12/h10,12H,6-9H2,1-5H3,(H,16,17,18). The summed E-state index contributed by atoms with van der Waals surface area (Å²) in [6.07, 6.45) is 3.61. The molecule has 106 valence electrons. The zero-order valence-electron chi connectivity index (χ0n) is 12.8. The van der Waals surface area contributed by atoms with Crippen LogP contribution >= 0.6 is 0 Å². The Hall–Kier alpha value is -1.32. The minimum atomic E-state index is 0.463. The summed E-state index contributed by atoms with van der Waals surface area (Å²) in [5.74, 6) is 3.69. The van der Waals surface area contributed by atoms with Gasteiger partial charge in [0.05, 0.1) is 0 Å². The van der Waals surface area contributed by atoms with Crippen LogP contribution in [0.25, 0.3) is 0 Å². The molecule has 0 aliphatic heterocycles. The molecule has 0 aromatic carbocycles. The number of aromatic nitrogens is 2. The smallest absolute Gasteiger partial charge is 0.137 e. The van der Waals surface area contributed by atoms with E-state index >= 15 is 0 Å². The fourth-order valence-electron chi connectivity index (χ4n) is 2.42. The summed E-state index contributed by atoms with van der Waals surface area (Å²) in [7, 11) is 1.94.